The Balaban J connectivity index is 2.61. The molecule has 0 radical (unpaired) electrons. The molecule has 0 spiro atoms. The van der Waals surface area contributed by atoms with Crippen molar-refractivity contribution >= 4 is 54.6 Å². The number of hydrogen-bond donors (Lipinski definition) is 0. The third kappa shape index (κ3) is 1.24. The van der Waals surface area contributed by atoms with Gasteiger partial charge in [-0.1, -0.05) is 22.2 Å². The summed E-state index contributed by atoms with van der Waals surface area (Å²) in [6.45, 7) is 0. The second kappa shape index (κ2) is 2.52. The topological polar surface area (TPSA) is 0 Å². The Morgan fingerprint density at radius 2 is 2.33 bits per heavy atom. The lowest BCUT2D eigenvalue weighted by Gasteiger charge is -2.14. The van der Waals surface area contributed by atoms with E-state index in [9.17, 15) is 0 Å². The molecule has 1 saturated heterocycles. The van der Waals surface area contributed by atoms with Gasteiger partial charge in [0.25, 0.3) is 0 Å². The van der Waals surface area contributed by atoms with E-state index in [-0.39, 0.29) is 13.7 Å². The first-order valence-corrected chi connectivity index (χ1v) is 10.8. The van der Waals surface area contributed by atoms with E-state index in [2.05, 4.69) is 0 Å². The standard InChI is InChI=1S/H2P2S4/c3-2-1-5-6(2)4/h1-2H. The van der Waals surface area contributed by atoms with E-state index in [1.807, 2.05) is 10.4 Å². The number of hydrogen-bond acceptors (Lipinski definition) is 3. The summed E-state index contributed by atoms with van der Waals surface area (Å²) in [7, 11) is 3.14. The lowest BCUT2D eigenvalue weighted by molar-refractivity contribution is 5.04. The van der Waals surface area contributed by atoms with E-state index in [1.165, 1.54) is 0 Å². The van der Waals surface area contributed by atoms with Crippen molar-refractivity contribution in [3.8, 4) is 0 Å². The maximum absolute atomic E-state index is 4.99. The highest BCUT2D eigenvalue weighted by Crippen LogP contribution is 2.73. The highest BCUT2D eigenvalue weighted by atomic mass is 33.8. The van der Waals surface area contributed by atoms with E-state index in [1.54, 1.807) is 0 Å². The van der Waals surface area contributed by atoms with Gasteiger partial charge in [-0.15, -0.1) is 0 Å². The average Bonchev–Trinajstić information content (AvgIpc) is 1.61. The molecule has 1 fully saturated rings. The van der Waals surface area contributed by atoms with Gasteiger partial charge in [0.15, 0.2) is 0 Å². The molecular weight excluding hydrogens is 190 g/mol. The summed E-state index contributed by atoms with van der Waals surface area (Å²) in [4.78, 5) is 0. The van der Waals surface area contributed by atoms with Gasteiger partial charge in [-0.05, 0) is 26.8 Å². The first-order chi connectivity index (χ1) is 2.80. The van der Waals surface area contributed by atoms with Crippen molar-refractivity contribution in [1.82, 2.24) is 0 Å². The van der Waals surface area contributed by atoms with Crippen molar-refractivity contribution in [2.45, 2.75) is 0 Å². The van der Waals surface area contributed by atoms with Gasteiger partial charge in [0.2, 0.25) is 0 Å². The molecular formula is H2P2S4. The van der Waals surface area contributed by atoms with Gasteiger partial charge < -0.3 is 0 Å². The Hall–Kier alpha value is 2.00. The van der Waals surface area contributed by atoms with Crippen molar-refractivity contribution in [1.29, 1.82) is 0 Å². The zero-order valence-corrected chi connectivity index (χ0v) is 7.90. The minimum absolute atomic E-state index is 0.242. The van der Waals surface area contributed by atoms with E-state index in [0.717, 1.165) is 7.47 Å². The summed E-state index contributed by atoms with van der Waals surface area (Å²) in [6, 6.07) is 0. The summed E-state index contributed by atoms with van der Waals surface area (Å²) < 4.78 is 0. The molecule has 6 heavy (non-hydrogen) atoms. The maximum Gasteiger partial charge on any atom is 0.0389 e. The molecule has 0 amide bonds. The second-order valence-corrected chi connectivity index (χ2v) is 19.1. The van der Waals surface area contributed by atoms with Crippen LogP contribution in [0, 0.1) is 0 Å². The fourth-order valence-corrected chi connectivity index (χ4v) is 19.9. The minimum atomic E-state index is -0.354. The SMILES string of the molecule is S=[PH]1PSS1=S. The molecule has 1 aliphatic heterocycles. The molecule has 0 N–H and O–H groups in total. The van der Waals surface area contributed by atoms with E-state index in [0.29, 0.717) is 0 Å². The Morgan fingerprint density at radius 1 is 1.83 bits per heavy atom. The molecule has 1 aliphatic rings. The van der Waals surface area contributed by atoms with Crippen LogP contribution in [-0.2, 0) is 31.1 Å². The van der Waals surface area contributed by atoms with Crippen LogP contribution in [-0.4, -0.2) is 0 Å². The Morgan fingerprint density at radius 3 is 2.33 bits per heavy atom. The zero-order chi connectivity index (χ0) is 4.57. The van der Waals surface area contributed by atoms with Crippen LogP contribution in [0.25, 0.3) is 0 Å². The summed E-state index contributed by atoms with van der Waals surface area (Å²) >= 11 is 9.92. The van der Waals surface area contributed by atoms with Gasteiger partial charge in [-0.2, -0.15) is 0 Å². The Kier molecular flexibility index (Phi) is 2.57. The molecule has 1 heterocycles. The van der Waals surface area contributed by atoms with Gasteiger partial charge in [0.1, 0.15) is 0 Å². The molecule has 6 heteroatoms. The molecule has 0 bridgehead atoms. The molecule has 0 nitrogen and oxygen atoms in total. The van der Waals surface area contributed by atoms with Gasteiger partial charge >= 0.3 is 0 Å². The second-order valence-electron chi connectivity index (χ2n) is 0.708. The van der Waals surface area contributed by atoms with Crippen LogP contribution in [0.4, 0.5) is 0 Å². The molecule has 3 unspecified atom stereocenters. The Bertz CT molecular complexity index is 90.1. The monoisotopic (exact) mass is 192 g/mol. The van der Waals surface area contributed by atoms with Crippen LogP contribution in [0.1, 0.15) is 0 Å². The van der Waals surface area contributed by atoms with Crippen molar-refractivity contribution in [3.63, 3.8) is 0 Å². The molecule has 0 aliphatic carbocycles. The van der Waals surface area contributed by atoms with Crippen molar-refractivity contribution in [3.05, 3.63) is 0 Å². The lowest BCUT2D eigenvalue weighted by Crippen LogP contribution is -1.66. The third-order valence-electron chi connectivity index (χ3n) is 0.352. The normalized spacial score (nSPS) is 48.7. The summed E-state index contributed by atoms with van der Waals surface area (Å²) in [5.74, 6) is 0. The van der Waals surface area contributed by atoms with E-state index in [4.69, 9.17) is 23.0 Å². The van der Waals surface area contributed by atoms with Gasteiger partial charge in [0, 0.05) is 5.59 Å². The van der Waals surface area contributed by atoms with Crippen LogP contribution in [0.5, 0.6) is 0 Å². The minimum Gasteiger partial charge on any atom is -0.0828 e. The van der Waals surface area contributed by atoms with E-state index >= 15 is 0 Å². The van der Waals surface area contributed by atoms with Crippen LogP contribution in [0.15, 0.2) is 0 Å². The highest BCUT2D eigenvalue weighted by Gasteiger charge is 2.12. The summed E-state index contributed by atoms with van der Waals surface area (Å²) in [5, 5.41) is 0. The predicted octanol–water partition coefficient (Wildman–Crippen LogP) is 1.83. The first-order valence-electron chi connectivity index (χ1n) is 1.20. The molecule has 36 valence electrons. The largest absolute Gasteiger partial charge is 0.0828 e. The predicted molar refractivity (Wildman–Crippen MR) is 46.3 cm³/mol. The first kappa shape index (κ1) is 6.12. The van der Waals surface area contributed by atoms with Crippen LogP contribution < -0.4 is 0 Å². The lowest BCUT2D eigenvalue weighted by atomic mass is 29.3. The maximum atomic E-state index is 4.99. The van der Waals surface area contributed by atoms with Crippen LogP contribution in [0.2, 0.25) is 0 Å². The molecule has 0 aromatic rings. The molecule has 0 saturated carbocycles. The van der Waals surface area contributed by atoms with Crippen LogP contribution >= 0.6 is 23.5 Å². The molecule has 1 rings (SSSR count). The Labute approximate surface area is 54.4 Å². The quantitative estimate of drug-likeness (QED) is 0.424. The molecule has 0 aromatic heterocycles. The van der Waals surface area contributed by atoms with Gasteiger partial charge in [-0.3, -0.25) is 0 Å². The summed E-state index contributed by atoms with van der Waals surface area (Å²) in [6.07, 6.45) is 0. The van der Waals surface area contributed by atoms with Crippen molar-refractivity contribution in [2.24, 2.45) is 0 Å². The zero-order valence-electron chi connectivity index (χ0n) is 2.63. The fourth-order valence-electron chi connectivity index (χ4n) is 0.110. The van der Waals surface area contributed by atoms with Gasteiger partial charge in [0.05, 0.1) is 0 Å². The number of rotatable bonds is 0. The molecule has 3 atom stereocenters. The molecule has 0 aromatic carbocycles. The van der Waals surface area contributed by atoms with Gasteiger partial charge in [-0.25, -0.2) is 0 Å². The third-order valence-corrected chi connectivity index (χ3v) is 28.5. The summed E-state index contributed by atoms with van der Waals surface area (Å²) in [5.41, 5.74) is -0.354. The smallest absolute Gasteiger partial charge is 0.0389 e. The highest BCUT2D eigenvalue weighted by molar-refractivity contribution is 9.37. The van der Waals surface area contributed by atoms with E-state index < -0.39 is 0 Å². The van der Waals surface area contributed by atoms with Crippen LogP contribution in [0.3, 0.4) is 0 Å². The van der Waals surface area contributed by atoms with Crippen molar-refractivity contribution in [2.75, 3.05) is 0 Å². The van der Waals surface area contributed by atoms with Crippen molar-refractivity contribution < 1.29 is 0 Å². The fraction of sp³-hybridized carbons (Fsp3) is 0. The average molecular weight is 192 g/mol.